The highest BCUT2D eigenvalue weighted by Crippen LogP contribution is 2.26. The number of rotatable bonds is 9. The van der Waals surface area contributed by atoms with E-state index >= 15 is 0 Å². The summed E-state index contributed by atoms with van der Waals surface area (Å²) in [5.41, 5.74) is 0.541. The molecule has 0 aliphatic rings. The molecule has 0 radical (unpaired) electrons. The highest BCUT2D eigenvalue weighted by molar-refractivity contribution is 5.99. The maximum atomic E-state index is 11.9. The molecule has 4 heteroatoms. The number of carbonyl (C=O) groups is 1. The molecule has 4 nitrogen and oxygen atoms in total. The topological polar surface area (TPSA) is 44.8 Å². The van der Waals surface area contributed by atoms with Crippen LogP contribution in [0.25, 0.3) is 0 Å². The molecule has 0 amide bonds. The van der Waals surface area contributed by atoms with E-state index in [1.54, 1.807) is 18.2 Å². The summed E-state index contributed by atoms with van der Waals surface area (Å²) >= 11 is 0. The predicted molar refractivity (Wildman–Crippen MR) is 74.2 cm³/mol. The van der Waals surface area contributed by atoms with Gasteiger partial charge in [0.15, 0.2) is 5.78 Å². The Balaban J connectivity index is 2.91. The first-order valence-corrected chi connectivity index (χ1v) is 6.64. The first-order chi connectivity index (χ1) is 9.22. The van der Waals surface area contributed by atoms with Gasteiger partial charge in [0.05, 0.1) is 18.8 Å². The molecule has 1 aromatic rings. The van der Waals surface area contributed by atoms with Gasteiger partial charge in [-0.3, -0.25) is 4.79 Å². The van der Waals surface area contributed by atoms with Crippen LogP contribution in [-0.2, 0) is 4.74 Å². The number of carbonyl (C=O) groups excluding carboxylic acids is 1. The Hall–Kier alpha value is -1.55. The number of benzene rings is 1. The van der Waals surface area contributed by atoms with Crippen molar-refractivity contribution < 1.29 is 19.0 Å². The summed E-state index contributed by atoms with van der Waals surface area (Å²) in [7, 11) is 1.50. The number of ketones is 1. The van der Waals surface area contributed by atoms with Crippen LogP contribution in [0, 0.1) is 0 Å². The summed E-state index contributed by atoms with van der Waals surface area (Å²) in [6.07, 6.45) is 1.83. The molecule has 0 unspecified atom stereocenters. The molecule has 19 heavy (non-hydrogen) atoms. The Morgan fingerprint density at radius 2 is 1.79 bits per heavy atom. The van der Waals surface area contributed by atoms with Gasteiger partial charge in [0.25, 0.3) is 0 Å². The smallest absolute Gasteiger partial charge is 0.192 e. The monoisotopic (exact) mass is 266 g/mol. The van der Waals surface area contributed by atoms with Crippen LogP contribution in [-0.4, -0.2) is 32.7 Å². The Bertz CT molecular complexity index is 401. The maximum absolute atomic E-state index is 11.9. The summed E-state index contributed by atoms with van der Waals surface area (Å²) in [5, 5.41) is 0. The first-order valence-electron chi connectivity index (χ1n) is 6.64. The van der Waals surface area contributed by atoms with Crippen molar-refractivity contribution in [3.05, 3.63) is 23.8 Å². The van der Waals surface area contributed by atoms with E-state index in [-0.39, 0.29) is 12.4 Å². The van der Waals surface area contributed by atoms with Crippen LogP contribution in [0.4, 0.5) is 0 Å². The third kappa shape index (κ3) is 4.91. The lowest BCUT2D eigenvalue weighted by Gasteiger charge is -2.12. The van der Waals surface area contributed by atoms with Gasteiger partial charge >= 0.3 is 0 Å². The van der Waals surface area contributed by atoms with Crippen molar-refractivity contribution in [1.82, 2.24) is 0 Å². The van der Waals surface area contributed by atoms with E-state index in [0.29, 0.717) is 24.5 Å². The van der Waals surface area contributed by atoms with E-state index in [4.69, 9.17) is 14.2 Å². The van der Waals surface area contributed by atoms with Crippen LogP contribution in [0.5, 0.6) is 11.5 Å². The average molecular weight is 266 g/mol. The van der Waals surface area contributed by atoms with Gasteiger partial charge in [-0.15, -0.1) is 0 Å². The van der Waals surface area contributed by atoms with Crippen LogP contribution in [0.15, 0.2) is 18.2 Å². The minimum atomic E-state index is -0.0874. The molecule has 0 saturated heterocycles. The highest BCUT2D eigenvalue weighted by Gasteiger charge is 2.13. The van der Waals surface area contributed by atoms with E-state index in [1.807, 2.05) is 13.8 Å². The van der Waals surface area contributed by atoms with Crippen LogP contribution in [0.3, 0.4) is 0 Å². The van der Waals surface area contributed by atoms with Crippen LogP contribution in [0.1, 0.15) is 37.0 Å². The molecule has 0 fully saturated rings. The molecule has 0 atom stereocenters. The lowest BCUT2D eigenvalue weighted by molar-refractivity contribution is 0.0844. The zero-order valence-corrected chi connectivity index (χ0v) is 11.9. The van der Waals surface area contributed by atoms with Gasteiger partial charge in [-0.2, -0.15) is 0 Å². The van der Waals surface area contributed by atoms with Gasteiger partial charge in [0.1, 0.15) is 18.1 Å². The molecule has 0 spiro atoms. The molecule has 0 aromatic heterocycles. The lowest BCUT2D eigenvalue weighted by atomic mass is 10.1. The fourth-order valence-electron chi connectivity index (χ4n) is 1.58. The van der Waals surface area contributed by atoms with E-state index in [0.717, 1.165) is 18.6 Å². The van der Waals surface area contributed by atoms with Gasteiger partial charge in [0, 0.05) is 13.2 Å². The van der Waals surface area contributed by atoms with Gasteiger partial charge < -0.3 is 14.2 Å². The third-order valence-electron chi connectivity index (χ3n) is 2.46. The van der Waals surface area contributed by atoms with Crippen LogP contribution in [0.2, 0.25) is 0 Å². The number of Topliss-reactive ketones (excluding diaryl/α,β-unsaturated/α-hetero) is 1. The minimum absolute atomic E-state index is 0.0532. The Morgan fingerprint density at radius 1 is 1.11 bits per heavy atom. The molecular formula is C15H22O4. The van der Waals surface area contributed by atoms with Crippen LogP contribution >= 0.6 is 0 Å². The summed E-state index contributed by atoms with van der Waals surface area (Å²) in [6.45, 7) is 5.35. The second-order valence-corrected chi connectivity index (χ2v) is 4.21. The first kappa shape index (κ1) is 15.5. The molecule has 0 N–H and O–H groups in total. The standard InChI is InChI=1S/C15H22O4/c1-4-8-18-12-6-7-13(14(16)11-17-3)15(10-12)19-9-5-2/h6-7,10H,4-5,8-9,11H2,1-3H3. The zero-order valence-electron chi connectivity index (χ0n) is 11.9. The van der Waals surface area contributed by atoms with E-state index in [2.05, 4.69) is 0 Å². The summed E-state index contributed by atoms with van der Waals surface area (Å²) in [5.74, 6) is 1.20. The quantitative estimate of drug-likeness (QED) is 0.644. The molecule has 1 rings (SSSR count). The van der Waals surface area contributed by atoms with Crippen molar-refractivity contribution in [3.8, 4) is 11.5 Å². The molecule has 0 heterocycles. The van der Waals surface area contributed by atoms with Crippen molar-refractivity contribution in [2.24, 2.45) is 0 Å². The van der Waals surface area contributed by atoms with Crippen molar-refractivity contribution in [3.63, 3.8) is 0 Å². The predicted octanol–water partition coefficient (Wildman–Crippen LogP) is 3.09. The SMILES string of the molecule is CCCOc1ccc(C(=O)COC)c(OCCC)c1. The van der Waals surface area contributed by atoms with Crippen molar-refractivity contribution in [1.29, 1.82) is 0 Å². The highest BCUT2D eigenvalue weighted by atomic mass is 16.5. The summed E-state index contributed by atoms with van der Waals surface area (Å²) in [6, 6.07) is 5.29. The average Bonchev–Trinajstić information content (AvgIpc) is 2.43. The number of methoxy groups -OCH3 is 1. The zero-order chi connectivity index (χ0) is 14.1. The fourth-order valence-corrected chi connectivity index (χ4v) is 1.58. The van der Waals surface area contributed by atoms with Crippen molar-refractivity contribution >= 4 is 5.78 Å². The lowest BCUT2D eigenvalue weighted by Crippen LogP contribution is -2.10. The molecule has 0 bridgehead atoms. The van der Waals surface area contributed by atoms with Crippen molar-refractivity contribution in [2.45, 2.75) is 26.7 Å². The number of hydrogen-bond donors (Lipinski definition) is 0. The Morgan fingerprint density at radius 3 is 2.42 bits per heavy atom. The second-order valence-electron chi connectivity index (χ2n) is 4.21. The number of ether oxygens (including phenoxy) is 3. The molecule has 0 aliphatic carbocycles. The largest absolute Gasteiger partial charge is 0.493 e. The molecule has 106 valence electrons. The summed E-state index contributed by atoms with van der Waals surface area (Å²) < 4.78 is 16.0. The third-order valence-corrected chi connectivity index (χ3v) is 2.46. The fraction of sp³-hybridized carbons (Fsp3) is 0.533. The molecule has 0 aliphatic heterocycles. The van der Waals surface area contributed by atoms with Gasteiger partial charge in [-0.05, 0) is 25.0 Å². The van der Waals surface area contributed by atoms with Gasteiger partial charge in [-0.1, -0.05) is 13.8 Å². The Kier molecular flexibility index (Phi) is 6.97. The Labute approximate surface area is 114 Å². The molecular weight excluding hydrogens is 244 g/mol. The molecule has 0 saturated carbocycles. The van der Waals surface area contributed by atoms with Crippen LogP contribution < -0.4 is 9.47 Å². The van der Waals surface area contributed by atoms with Gasteiger partial charge in [0.2, 0.25) is 0 Å². The molecule has 1 aromatic carbocycles. The number of hydrogen-bond acceptors (Lipinski definition) is 4. The second kappa shape index (κ2) is 8.53. The van der Waals surface area contributed by atoms with Crippen molar-refractivity contribution in [2.75, 3.05) is 26.9 Å². The normalized spacial score (nSPS) is 10.3. The van der Waals surface area contributed by atoms with E-state index in [1.165, 1.54) is 7.11 Å². The maximum Gasteiger partial charge on any atom is 0.192 e. The van der Waals surface area contributed by atoms with E-state index < -0.39 is 0 Å². The van der Waals surface area contributed by atoms with Gasteiger partial charge in [-0.25, -0.2) is 0 Å². The summed E-state index contributed by atoms with van der Waals surface area (Å²) in [4.78, 5) is 11.9. The minimum Gasteiger partial charge on any atom is -0.493 e. The van der Waals surface area contributed by atoms with E-state index in [9.17, 15) is 4.79 Å².